The largest absolute Gasteiger partial charge is 0.392 e. The SMILES string of the molecule is CC(O)C(C)N(C)Cc1nccn1C. The summed E-state index contributed by atoms with van der Waals surface area (Å²) < 4.78 is 1.99. The summed E-state index contributed by atoms with van der Waals surface area (Å²) in [7, 11) is 3.97. The lowest BCUT2D eigenvalue weighted by Gasteiger charge is -2.26. The van der Waals surface area contributed by atoms with Crippen molar-refractivity contribution in [3.05, 3.63) is 18.2 Å². The summed E-state index contributed by atoms with van der Waals surface area (Å²) in [5.41, 5.74) is 0. The van der Waals surface area contributed by atoms with E-state index in [4.69, 9.17) is 0 Å². The first-order valence-corrected chi connectivity index (χ1v) is 4.87. The average Bonchev–Trinajstić information content (AvgIpc) is 2.50. The second-order valence-corrected chi connectivity index (χ2v) is 3.85. The number of rotatable bonds is 4. The van der Waals surface area contributed by atoms with Crippen LogP contribution in [0.15, 0.2) is 12.4 Å². The first-order valence-electron chi connectivity index (χ1n) is 4.87. The summed E-state index contributed by atoms with van der Waals surface area (Å²) in [6.07, 6.45) is 3.40. The van der Waals surface area contributed by atoms with Crippen molar-refractivity contribution in [2.24, 2.45) is 7.05 Å². The third-order valence-electron chi connectivity index (χ3n) is 2.71. The maximum atomic E-state index is 9.42. The molecular weight excluding hydrogens is 178 g/mol. The molecule has 1 heterocycles. The highest BCUT2D eigenvalue weighted by Gasteiger charge is 2.15. The molecule has 0 spiro atoms. The van der Waals surface area contributed by atoms with Gasteiger partial charge in [-0.05, 0) is 20.9 Å². The molecule has 2 unspecified atom stereocenters. The molecule has 80 valence electrons. The highest BCUT2D eigenvalue weighted by Crippen LogP contribution is 2.06. The maximum absolute atomic E-state index is 9.42. The second kappa shape index (κ2) is 4.57. The van der Waals surface area contributed by atoms with Crippen molar-refractivity contribution in [1.29, 1.82) is 0 Å². The zero-order valence-corrected chi connectivity index (χ0v) is 9.31. The Morgan fingerprint density at radius 3 is 2.64 bits per heavy atom. The molecule has 1 aromatic rings. The van der Waals surface area contributed by atoms with Crippen molar-refractivity contribution in [2.75, 3.05) is 7.05 Å². The number of aromatic nitrogens is 2. The molecule has 1 aromatic heterocycles. The van der Waals surface area contributed by atoms with E-state index in [0.29, 0.717) is 0 Å². The normalized spacial score (nSPS) is 15.9. The Labute approximate surface area is 85.2 Å². The molecule has 0 saturated carbocycles. The van der Waals surface area contributed by atoms with E-state index in [1.807, 2.05) is 31.8 Å². The molecule has 14 heavy (non-hydrogen) atoms. The van der Waals surface area contributed by atoms with Crippen molar-refractivity contribution >= 4 is 0 Å². The van der Waals surface area contributed by atoms with Gasteiger partial charge >= 0.3 is 0 Å². The van der Waals surface area contributed by atoms with E-state index in [-0.39, 0.29) is 12.1 Å². The van der Waals surface area contributed by atoms with Gasteiger partial charge in [0.1, 0.15) is 5.82 Å². The summed E-state index contributed by atoms with van der Waals surface area (Å²) in [6, 6.07) is 0.145. The third-order valence-corrected chi connectivity index (χ3v) is 2.71. The smallest absolute Gasteiger partial charge is 0.122 e. The molecule has 0 fully saturated rings. The van der Waals surface area contributed by atoms with Crippen LogP contribution in [-0.4, -0.2) is 38.8 Å². The fourth-order valence-electron chi connectivity index (χ4n) is 1.28. The summed E-state index contributed by atoms with van der Waals surface area (Å²) in [5, 5.41) is 9.42. The minimum absolute atomic E-state index is 0.145. The molecule has 0 aliphatic heterocycles. The summed E-state index contributed by atoms with van der Waals surface area (Å²) >= 11 is 0. The van der Waals surface area contributed by atoms with Crippen LogP contribution in [0.25, 0.3) is 0 Å². The Bertz CT molecular complexity index is 283. The molecule has 0 aromatic carbocycles. The van der Waals surface area contributed by atoms with Gasteiger partial charge in [0.15, 0.2) is 0 Å². The quantitative estimate of drug-likeness (QED) is 0.769. The Morgan fingerprint density at radius 1 is 1.57 bits per heavy atom. The standard InChI is InChI=1S/C10H19N3O/c1-8(9(2)14)13(4)7-10-11-5-6-12(10)3/h5-6,8-9,14H,7H2,1-4H3. The summed E-state index contributed by atoms with van der Waals surface area (Å²) in [5.74, 6) is 1.01. The lowest BCUT2D eigenvalue weighted by molar-refractivity contribution is 0.0809. The van der Waals surface area contributed by atoms with Gasteiger partial charge in [0.2, 0.25) is 0 Å². The molecule has 0 aliphatic carbocycles. The minimum atomic E-state index is -0.319. The zero-order chi connectivity index (χ0) is 10.7. The first-order chi connectivity index (χ1) is 6.52. The van der Waals surface area contributed by atoms with Crippen LogP contribution in [0.5, 0.6) is 0 Å². The Hall–Kier alpha value is -0.870. The molecule has 0 radical (unpaired) electrons. The van der Waals surface area contributed by atoms with E-state index >= 15 is 0 Å². The van der Waals surface area contributed by atoms with Gasteiger partial charge in [-0.3, -0.25) is 4.90 Å². The Morgan fingerprint density at radius 2 is 2.21 bits per heavy atom. The molecule has 0 bridgehead atoms. The molecule has 1 N–H and O–H groups in total. The van der Waals surface area contributed by atoms with Gasteiger partial charge in [-0.25, -0.2) is 4.98 Å². The predicted octanol–water partition coefficient (Wildman–Crippen LogP) is 0.621. The fraction of sp³-hybridized carbons (Fsp3) is 0.700. The van der Waals surface area contributed by atoms with Gasteiger partial charge in [-0.2, -0.15) is 0 Å². The third kappa shape index (κ3) is 2.56. The highest BCUT2D eigenvalue weighted by molar-refractivity contribution is 4.91. The lowest BCUT2D eigenvalue weighted by Crippen LogP contribution is -2.37. The average molecular weight is 197 g/mol. The van der Waals surface area contributed by atoms with Gasteiger partial charge in [-0.15, -0.1) is 0 Å². The van der Waals surface area contributed by atoms with E-state index in [1.165, 1.54) is 0 Å². The van der Waals surface area contributed by atoms with E-state index in [9.17, 15) is 5.11 Å². The van der Waals surface area contributed by atoms with E-state index < -0.39 is 0 Å². The predicted molar refractivity (Wildman–Crippen MR) is 55.8 cm³/mol. The molecule has 1 rings (SSSR count). The van der Waals surface area contributed by atoms with Crippen LogP contribution in [0, 0.1) is 0 Å². The number of hydrogen-bond donors (Lipinski definition) is 1. The van der Waals surface area contributed by atoms with Crippen LogP contribution in [-0.2, 0) is 13.6 Å². The number of nitrogens with zero attached hydrogens (tertiary/aromatic N) is 3. The molecule has 4 nitrogen and oxygen atoms in total. The van der Waals surface area contributed by atoms with Gasteiger partial charge < -0.3 is 9.67 Å². The maximum Gasteiger partial charge on any atom is 0.122 e. The molecule has 0 aliphatic rings. The van der Waals surface area contributed by atoms with Crippen molar-refractivity contribution in [3.8, 4) is 0 Å². The zero-order valence-electron chi connectivity index (χ0n) is 9.31. The second-order valence-electron chi connectivity index (χ2n) is 3.85. The summed E-state index contributed by atoms with van der Waals surface area (Å²) in [6.45, 7) is 4.57. The van der Waals surface area contributed by atoms with Crippen molar-refractivity contribution < 1.29 is 5.11 Å². The van der Waals surface area contributed by atoms with Gasteiger partial charge in [-0.1, -0.05) is 0 Å². The van der Waals surface area contributed by atoms with Crippen LogP contribution in [0.2, 0.25) is 0 Å². The Balaban J connectivity index is 2.57. The van der Waals surface area contributed by atoms with Crippen LogP contribution in [0.1, 0.15) is 19.7 Å². The summed E-state index contributed by atoms with van der Waals surface area (Å²) in [4.78, 5) is 6.33. The van der Waals surface area contributed by atoms with Crippen LogP contribution >= 0.6 is 0 Å². The van der Waals surface area contributed by atoms with Gasteiger partial charge in [0.25, 0.3) is 0 Å². The Kier molecular flexibility index (Phi) is 3.66. The van der Waals surface area contributed by atoms with Crippen molar-refractivity contribution in [1.82, 2.24) is 14.5 Å². The number of aliphatic hydroxyl groups excluding tert-OH is 1. The highest BCUT2D eigenvalue weighted by atomic mass is 16.3. The number of likely N-dealkylation sites (N-methyl/N-ethyl adjacent to an activating group) is 1. The molecule has 0 saturated heterocycles. The van der Waals surface area contributed by atoms with Crippen molar-refractivity contribution in [2.45, 2.75) is 32.5 Å². The number of hydrogen-bond acceptors (Lipinski definition) is 3. The molecule has 0 amide bonds. The van der Waals surface area contributed by atoms with Crippen LogP contribution in [0.4, 0.5) is 0 Å². The number of aryl methyl sites for hydroxylation is 1. The molecule has 4 heteroatoms. The van der Waals surface area contributed by atoms with Crippen LogP contribution < -0.4 is 0 Å². The topological polar surface area (TPSA) is 41.3 Å². The first kappa shape index (κ1) is 11.2. The van der Waals surface area contributed by atoms with Gasteiger partial charge in [0.05, 0.1) is 12.6 Å². The number of imidazole rings is 1. The van der Waals surface area contributed by atoms with Gasteiger partial charge in [0, 0.05) is 25.5 Å². The van der Waals surface area contributed by atoms with E-state index in [1.54, 1.807) is 13.1 Å². The molecular formula is C10H19N3O. The molecule has 2 atom stereocenters. The van der Waals surface area contributed by atoms with Crippen LogP contribution in [0.3, 0.4) is 0 Å². The minimum Gasteiger partial charge on any atom is -0.392 e. The van der Waals surface area contributed by atoms with E-state index in [2.05, 4.69) is 9.88 Å². The van der Waals surface area contributed by atoms with Crippen molar-refractivity contribution in [3.63, 3.8) is 0 Å². The lowest BCUT2D eigenvalue weighted by atomic mass is 10.2. The van der Waals surface area contributed by atoms with E-state index in [0.717, 1.165) is 12.4 Å². The number of aliphatic hydroxyl groups is 1. The fourth-order valence-corrected chi connectivity index (χ4v) is 1.28. The monoisotopic (exact) mass is 197 g/mol.